The summed E-state index contributed by atoms with van der Waals surface area (Å²) in [6, 6.07) is 15.8. The van der Waals surface area contributed by atoms with Crippen molar-refractivity contribution in [1.82, 2.24) is 0 Å². The van der Waals surface area contributed by atoms with Gasteiger partial charge in [0.05, 0.1) is 17.7 Å². The topological polar surface area (TPSA) is 44.5 Å². The summed E-state index contributed by atoms with van der Waals surface area (Å²) in [5, 5.41) is 0. The molecule has 2 rings (SSSR count). The van der Waals surface area contributed by atoms with Crippen LogP contribution in [0.5, 0.6) is 11.5 Å². The average molecular weight is 350 g/mol. The van der Waals surface area contributed by atoms with Crippen molar-refractivity contribution < 1.29 is 9.47 Å². The van der Waals surface area contributed by atoms with Gasteiger partial charge in [-0.15, -0.1) is 0 Å². The Bertz CT molecular complexity index is 546. The molecule has 2 N–H and O–H groups in total. The van der Waals surface area contributed by atoms with Crippen molar-refractivity contribution in [3.05, 3.63) is 58.6 Å². The molecule has 0 heterocycles. The van der Waals surface area contributed by atoms with Gasteiger partial charge in [-0.25, -0.2) is 0 Å². The molecule has 0 amide bonds. The van der Waals surface area contributed by atoms with E-state index in [1.165, 1.54) is 0 Å². The Morgan fingerprint density at radius 2 is 1.67 bits per heavy atom. The molecule has 2 aromatic rings. The molecule has 0 atom stereocenters. The Morgan fingerprint density at radius 3 is 2.43 bits per heavy atom. The molecule has 112 valence electrons. The van der Waals surface area contributed by atoms with Crippen molar-refractivity contribution in [2.45, 2.75) is 12.8 Å². The molecule has 3 nitrogen and oxygen atoms in total. The molecule has 21 heavy (non-hydrogen) atoms. The summed E-state index contributed by atoms with van der Waals surface area (Å²) in [6.45, 7) is 1.87. The monoisotopic (exact) mass is 349 g/mol. The molecular weight excluding hydrogens is 330 g/mol. The normalized spacial score (nSPS) is 10.4. The lowest BCUT2D eigenvalue weighted by Gasteiger charge is -2.13. The molecule has 0 unspecified atom stereocenters. The Kier molecular flexibility index (Phi) is 6.57. The fourth-order valence-corrected chi connectivity index (χ4v) is 2.53. The number of rotatable bonds is 8. The number of benzene rings is 2. The molecule has 4 heteroatoms. The van der Waals surface area contributed by atoms with E-state index in [4.69, 9.17) is 15.2 Å². The van der Waals surface area contributed by atoms with E-state index in [0.717, 1.165) is 34.4 Å². The predicted molar refractivity (Wildman–Crippen MR) is 88.9 cm³/mol. The molecule has 0 radical (unpaired) electrons. The van der Waals surface area contributed by atoms with E-state index >= 15 is 0 Å². The zero-order chi connectivity index (χ0) is 14.9. The predicted octanol–water partition coefficient (Wildman–Crippen LogP) is 3.80. The van der Waals surface area contributed by atoms with E-state index in [1.54, 1.807) is 0 Å². The fourth-order valence-electron chi connectivity index (χ4n) is 2.01. The number of ether oxygens (including phenoxy) is 2. The number of halogens is 1. The first-order valence-corrected chi connectivity index (χ1v) is 7.88. The zero-order valence-electron chi connectivity index (χ0n) is 11.9. The zero-order valence-corrected chi connectivity index (χ0v) is 13.5. The molecular formula is C17H20BrNO2. The third-order valence-electron chi connectivity index (χ3n) is 3.01. The van der Waals surface area contributed by atoms with Crippen LogP contribution in [0.25, 0.3) is 0 Å². The van der Waals surface area contributed by atoms with Crippen molar-refractivity contribution in [2.24, 2.45) is 5.73 Å². The first-order valence-electron chi connectivity index (χ1n) is 7.09. The molecule has 2 aromatic carbocycles. The van der Waals surface area contributed by atoms with Crippen molar-refractivity contribution in [2.75, 3.05) is 19.8 Å². The highest BCUT2D eigenvalue weighted by molar-refractivity contribution is 9.10. The Hall–Kier alpha value is -1.52. The summed E-state index contributed by atoms with van der Waals surface area (Å²) < 4.78 is 12.5. The molecule has 0 saturated heterocycles. The van der Waals surface area contributed by atoms with E-state index in [0.29, 0.717) is 19.8 Å². The lowest BCUT2D eigenvalue weighted by atomic mass is 10.1. The second-order valence-electron chi connectivity index (χ2n) is 4.63. The maximum absolute atomic E-state index is 5.88. The van der Waals surface area contributed by atoms with Gasteiger partial charge in [0.1, 0.15) is 11.5 Å². The standard InChI is InChI=1S/C17H20BrNO2/c18-16-9-4-6-14(10-11-19)17(16)21-13-5-12-20-15-7-2-1-3-8-15/h1-4,6-9H,5,10-13,19H2. The molecule has 0 fully saturated rings. The first-order chi connectivity index (χ1) is 10.3. The second kappa shape index (κ2) is 8.70. The summed E-state index contributed by atoms with van der Waals surface area (Å²) >= 11 is 3.53. The summed E-state index contributed by atoms with van der Waals surface area (Å²) in [6.07, 6.45) is 1.65. The number of hydrogen-bond acceptors (Lipinski definition) is 3. The van der Waals surface area contributed by atoms with Crippen LogP contribution in [0, 0.1) is 0 Å². The lowest BCUT2D eigenvalue weighted by Crippen LogP contribution is -2.08. The van der Waals surface area contributed by atoms with E-state index in [2.05, 4.69) is 15.9 Å². The van der Waals surface area contributed by atoms with Crippen LogP contribution in [-0.4, -0.2) is 19.8 Å². The fraction of sp³-hybridized carbons (Fsp3) is 0.294. The van der Waals surface area contributed by atoms with Crippen molar-refractivity contribution in [3.63, 3.8) is 0 Å². The van der Waals surface area contributed by atoms with Gasteiger partial charge in [0.2, 0.25) is 0 Å². The SMILES string of the molecule is NCCc1cccc(Br)c1OCCCOc1ccccc1. The summed E-state index contributed by atoms with van der Waals surface area (Å²) in [7, 11) is 0. The molecule has 0 saturated carbocycles. The van der Waals surface area contributed by atoms with E-state index in [9.17, 15) is 0 Å². The van der Waals surface area contributed by atoms with Gasteiger partial charge < -0.3 is 15.2 Å². The van der Waals surface area contributed by atoms with Crippen molar-refractivity contribution >= 4 is 15.9 Å². The number of hydrogen-bond donors (Lipinski definition) is 1. The summed E-state index contributed by atoms with van der Waals surface area (Å²) in [5.74, 6) is 1.78. The highest BCUT2D eigenvalue weighted by atomic mass is 79.9. The summed E-state index contributed by atoms with van der Waals surface area (Å²) in [4.78, 5) is 0. The minimum atomic E-state index is 0.615. The molecule has 0 aliphatic rings. The molecule has 0 aromatic heterocycles. The van der Waals surface area contributed by atoms with Crippen molar-refractivity contribution in [3.8, 4) is 11.5 Å². The Labute approximate surface area is 134 Å². The second-order valence-corrected chi connectivity index (χ2v) is 5.48. The lowest BCUT2D eigenvalue weighted by molar-refractivity contribution is 0.245. The maximum atomic E-state index is 5.88. The maximum Gasteiger partial charge on any atom is 0.136 e. The van der Waals surface area contributed by atoms with Gasteiger partial charge in [-0.2, -0.15) is 0 Å². The van der Waals surface area contributed by atoms with Gasteiger partial charge >= 0.3 is 0 Å². The van der Waals surface area contributed by atoms with Gasteiger partial charge in [-0.3, -0.25) is 0 Å². The third-order valence-corrected chi connectivity index (χ3v) is 3.63. The van der Waals surface area contributed by atoms with Crippen LogP contribution in [0.4, 0.5) is 0 Å². The number of para-hydroxylation sites is 2. The van der Waals surface area contributed by atoms with Gasteiger partial charge in [0.15, 0.2) is 0 Å². The Morgan fingerprint density at radius 1 is 0.905 bits per heavy atom. The van der Waals surface area contributed by atoms with Gasteiger partial charge in [0, 0.05) is 6.42 Å². The third kappa shape index (κ3) is 5.06. The van der Waals surface area contributed by atoms with Gasteiger partial charge in [-0.05, 0) is 52.7 Å². The minimum Gasteiger partial charge on any atom is -0.493 e. The molecule has 0 aliphatic carbocycles. The number of nitrogens with two attached hydrogens (primary N) is 1. The molecule has 0 aliphatic heterocycles. The summed E-state index contributed by atoms with van der Waals surface area (Å²) in [5.41, 5.74) is 6.76. The van der Waals surface area contributed by atoms with Gasteiger partial charge in [-0.1, -0.05) is 30.3 Å². The average Bonchev–Trinajstić information content (AvgIpc) is 2.51. The van der Waals surface area contributed by atoms with Crippen molar-refractivity contribution in [1.29, 1.82) is 0 Å². The van der Waals surface area contributed by atoms with Crippen LogP contribution in [-0.2, 0) is 6.42 Å². The van der Waals surface area contributed by atoms with Crippen LogP contribution in [0.1, 0.15) is 12.0 Å². The van der Waals surface area contributed by atoms with E-state index in [1.807, 2.05) is 48.5 Å². The van der Waals surface area contributed by atoms with Crippen LogP contribution < -0.4 is 15.2 Å². The van der Waals surface area contributed by atoms with Gasteiger partial charge in [0.25, 0.3) is 0 Å². The highest BCUT2D eigenvalue weighted by Gasteiger charge is 2.07. The quantitative estimate of drug-likeness (QED) is 0.737. The van der Waals surface area contributed by atoms with Crippen LogP contribution in [0.2, 0.25) is 0 Å². The smallest absolute Gasteiger partial charge is 0.136 e. The van der Waals surface area contributed by atoms with E-state index in [-0.39, 0.29) is 0 Å². The Balaban J connectivity index is 1.78. The molecule has 0 spiro atoms. The van der Waals surface area contributed by atoms with E-state index < -0.39 is 0 Å². The molecule has 0 bridgehead atoms. The largest absolute Gasteiger partial charge is 0.493 e. The highest BCUT2D eigenvalue weighted by Crippen LogP contribution is 2.29. The first kappa shape index (κ1) is 15.9. The van der Waals surface area contributed by atoms with Crippen LogP contribution in [0.3, 0.4) is 0 Å². The van der Waals surface area contributed by atoms with Crippen LogP contribution >= 0.6 is 15.9 Å². The minimum absolute atomic E-state index is 0.615. The van der Waals surface area contributed by atoms with Crippen LogP contribution in [0.15, 0.2) is 53.0 Å².